The molecule has 0 unspecified atom stereocenters. The van der Waals surface area contributed by atoms with Crippen molar-refractivity contribution in [2.45, 2.75) is 26.2 Å². The van der Waals surface area contributed by atoms with E-state index in [2.05, 4.69) is 49.1 Å². The summed E-state index contributed by atoms with van der Waals surface area (Å²) in [7, 11) is 0. The van der Waals surface area contributed by atoms with E-state index in [1.54, 1.807) is 3.40 Å². The van der Waals surface area contributed by atoms with Gasteiger partial charge in [0.2, 0.25) is 0 Å². The van der Waals surface area contributed by atoms with E-state index in [0.717, 1.165) is 0 Å². The molecule has 1 heteroatoms. The van der Waals surface area contributed by atoms with Gasteiger partial charge in [0.05, 0.1) is 0 Å². The summed E-state index contributed by atoms with van der Waals surface area (Å²) in [5.74, 6) is 0. The average molecular weight is 286 g/mol. The number of hydrogen-bond donors (Lipinski definition) is 0. The van der Waals surface area contributed by atoms with E-state index in [0.29, 0.717) is 5.41 Å². The zero-order valence-electron chi connectivity index (χ0n) is 8.29. The maximum absolute atomic E-state index is 2.40. The van der Waals surface area contributed by atoms with Gasteiger partial charge in [0, 0.05) is 0 Å². The van der Waals surface area contributed by atoms with E-state index in [9.17, 15) is 0 Å². The molecule has 2 aromatic rings. The van der Waals surface area contributed by atoms with Gasteiger partial charge in [-0.15, -0.1) is 0 Å². The van der Waals surface area contributed by atoms with Crippen molar-refractivity contribution in [2.24, 2.45) is 0 Å². The predicted octanol–water partition coefficient (Wildman–Crippen LogP) is 3.19. The zero-order chi connectivity index (χ0) is 9.47. The molecule has 0 bridgehead atoms. The topological polar surface area (TPSA) is 0 Å². The van der Waals surface area contributed by atoms with Crippen LogP contribution in [0.15, 0.2) is 28.3 Å². The second-order valence-corrected chi connectivity index (χ2v) is 7.13. The van der Waals surface area contributed by atoms with E-state index in [1.165, 1.54) is 10.9 Å². The van der Waals surface area contributed by atoms with Gasteiger partial charge >= 0.3 is 89.3 Å². The van der Waals surface area contributed by atoms with Crippen molar-refractivity contribution in [3.63, 3.8) is 0 Å². The Morgan fingerprint density at radius 3 is 2.54 bits per heavy atom. The van der Waals surface area contributed by atoms with Crippen molar-refractivity contribution in [1.29, 1.82) is 0 Å². The summed E-state index contributed by atoms with van der Waals surface area (Å²) in [6, 6.07) is 9.20. The molecule has 0 aliphatic carbocycles. The fourth-order valence-electron chi connectivity index (χ4n) is 1.42. The summed E-state index contributed by atoms with van der Waals surface area (Å²) in [6.07, 6.45) is 0. The molecule has 0 amide bonds. The number of benzene rings is 1. The van der Waals surface area contributed by atoms with Gasteiger partial charge in [0.1, 0.15) is 0 Å². The first kappa shape index (κ1) is 9.31. The van der Waals surface area contributed by atoms with E-state index < -0.39 is 0 Å². The van der Waals surface area contributed by atoms with Crippen molar-refractivity contribution in [1.82, 2.24) is 0 Å². The number of fused-ring (bicyclic) bond motifs is 1. The van der Waals surface area contributed by atoms with Crippen molar-refractivity contribution in [2.75, 3.05) is 0 Å². The Bertz CT molecular complexity index is 418. The SMILES string of the molecule is CC(C)(C)c1ccc2cc[te]c2c1. The van der Waals surface area contributed by atoms with Crippen LogP contribution in [0.25, 0.3) is 8.79 Å². The van der Waals surface area contributed by atoms with Gasteiger partial charge in [-0.1, -0.05) is 0 Å². The molecule has 0 fully saturated rings. The van der Waals surface area contributed by atoms with Crippen LogP contribution in [-0.2, 0) is 5.41 Å². The summed E-state index contributed by atoms with van der Waals surface area (Å²) in [6.45, 7) is 6.83. The second kappa shape index (κ2) is 3.15. The van der Waals surface area contributed by atoms with E-state index >= 15 is 0 Å². The van der Waals surface area contributed by atoms with Gasteiger partial charge in [0.25, 0.3) is 0 Å². The van der Waals surface area contributed by atoms with Crippen molar-refractivity contribution < 1.29 is 0 Å². The van der Waals surface area contributed by atoms with Crippen LogP contribution < -0.4 is 0 Å². The van der Waals surface area contributed by atoms with Crippen LogP contribution in [0.4, 0.5) is 0 Å². The summed E-state index contributed by atoms with van der Waals surface area (Å²) in [5.41, 5.74) is 1.77. The summed E-state index contributed by atoms with van der Waals surface area (Å²) in [4.78, 5) is 0. The summed E-state index contributed by atoms with van der Waals surface area (Å²) >= 11 is 0.00710. The van der Waals surface area contributed by atoms with Gasteiger partial charge in [0.15, 0.2) is 0 Å². The first-order valence-electron chi connectivity index (χ1n) is 4.55. The molecule has 0 spiro atoms. The maximum atomic E-state index is 2.40. The van der Waals surface area contributed by atoms with E-state index in [4.69, 9.17) is 0 Å². The Hall–Kier alpha value is -0.250. The molecule has 0 radical (unpaired) electrons. The quantitative estimate of drug-likeness (QED) is 0.652. The van der Waals surface area contributed by atoms with Gasteiger partial charge < -0.3 is 0 Å². The van der Waals surface area contributed by atoms with Crippen LogP contribution in [0, 0.1) is 0 Å². The molecule has 2 rings (SSSR count). The second-order valence-electron chi connectivity index (χ2n) is 4.42. The van der Waals surface area contributed by atoms with E-state index in [-0.39, 0.29) is 20.4 Å². The van der Waals surface area contributed by atoms with Crippen molar-refractivity contribution in [3.05, 3.63) is 33.9 Å². The molecule has 0 saturated heterocycles. The third-order valence-corrected chi connectivity index (χ3v) is 4.83. The van der Waals surface area contributed by atoms with Crippen LogP contribution in [-0.4, -0.2) is 20.4 Å². The minimum absolute atomic E-state index is 0.00710. The molecule has 0 atom stereocenters. The summed E-state index contributed by atoms with van der Waals surface area (Å²) < 4.78 is 3.97. The molecule has 0 nitrogen and oxygen atoms in total. The Morgan fingerprint density at radius 1 is 1.08 bits per heavy atom. The van der Waals surface area contributed by atoms with Gasteiger partial charge in [-0.3, -0.25) is 0 Å². The van der Waals surface area contributed by atoms with Crippen LogP contribution in [0.1, 0.15) is 26.3 Å². The first-order chi connectivity index (χ1) is 6.07. The van der Waals surface area contributed by atoms with Crippen LogP contribution in [0.3, 0.4) is 0 Å². The zero-order valence-corrected chi connectivity index (χ0v) is 10.6. The molecule has 1 aromatic heterocycles. The molecule has 68 valence electrons. The molecule has 0 N–H and O–H groups in total. The third-order valence-electron chi connectivity index (χ3n) is 2.32. The van der Waals surface area contributed by atoms with Crippen molar-refractivity contribution >= 4 is 29.2 Å². The Morgan fingerprint density at radius 2 is 1.85 bits per heavy atom. The van der Waals surface area contributed by atoms with Crippen LogP contribution in [0.5, 0.6) is 0 Å². The molecule has 0 saturated carbocycles. The minimum atomic E-state index is 0.00710. The molecule has 1 aromatic carbocycles. The fraction of sp³-hybridized carbons (Fsp3) is 0.333. The monoisotopic (exact) mass is 288 g/mol. The molecule has 0 aliphatic heterocycles. The molecule has 0 aliphatic rings. The standard InChI is InChI=1S/C12H14Te/c1-12(2,3)10-5-4-9-6-7-13-11(9)8-10/h4-8H,1-3H3. The average Bonchev–Trinajstić information content (AvgIpc) is 2.47. The van der Waals surface area contributed by atoms with Crippen molar-refractivity contribution in [3.8, 4) is 0 Å². The number of rotatable bonds is 0. The Balaban J connectivity index is 2.61. The normalized spacial score (nSPS) is 12.2. The van der Waals surface area contributed by atoms with Gasteiger partial charge in [-0.25, -0.2) is 0 Å². The molecular formula is C12H14Te. The van der Waals surface area contributed by atoms with Gasteiger partial charge in [-0.2, -0.15) is 0 Å². The van der Waals surface area contributed by atoms with Gasteiger partial charge in [-0.05, 0) is 0 Å². The summed E-state index contributed by atoms with van der Waals surface area (Å²) in [5, 5.41) is 1.45. The Kier molecular flexibility index (Phi) is 2.26. The number of hydrogen-bond acceptors (Lipinski definition) is 0. The van der Waals surface area contributed by atoms with Crippen LogP contribution >= 0.6 is 0 Å². The Labute approximate surface area is 89.2 Å². The van der Waals surface area contributed by atoms with Crippen LogP contribution in [0.2, 0.25) is 0 Å². The molecule has 1 heterocycles. The predicted molar refractivity (Wildman–Crippen MR) is 59.6 cm³/mol. The molecular weight excluding hydrogens is 272 g/mol. The fourth-order valence-corrected chi connectivity index (χ4v) is 3.79. The molecule has 13 heavy (non-hydrogen) atoms. The first-order valence-corrected chi connectivity index (χ1v) is 7.06. The van der Waals surface area contributed by atoms with E-state index in [1.807, 2.05) is 0 Å². The third kappa shape index (κ3) is 1.82.